The molecule has 1 aromatic rings. The standard InChI is InChI=1S/C12H18N2O3S/c1-9-5-10(13)7-12(6-9)18(16,17)14-4-2-3-11(14)8-15/h5-7,11,15H,2-4,8,13H2,1H3/t11-/m0/s1. The van der Waals surface area contributed by atoms with E-state index < -0.39 is 10.0 Å². The maximum absolute atomic E-state index is 12.5. The van der Waals surface area contributed by atoms with E-state index in [9.17, 15) is 13.5 Å². The molecule has 1 heterocycles. The number of sulfonamides is 1. The molecule has 5 nitrogen and oxygen atoms in total. The van der Waals surface area contributed by atoms with E-state index in [4.69, 9.17) is 5.73 Å². The lowest BCUT2D eigenvalue weighted by Gasteiger charge is -2.22. The number of anilines is 1. The van der Waals surface area contributed by atoms with Crippen LogP contribution in [0.5, 0.6) is 0 Å². The molecule has 1 aliphatic rings. The highest BCUT2D eigenvalue weighted by atomic mass is 32.2. The number of aliphatic hydroxyl groups excluding tert-OH is 1. The van der Waals surface area contributed by atoms with E-state index in [0.717, 1.165) is 12.0 Å². The average molecular weight is 270 g/mol. The highest BCUT2D eigenvalue weighted by Crippen LogP contribution is 2.27. The van der Waals surface area contributed by atoms with Crippen LogP contribution in [0.3, 0.4) is 0 Å². The molecule has 2 rings (SSSR count). The van der Waals surface area contributed by atoms with Gasteiger partial charge < -0.3 is 10.8 Å². The lowest BCUT2D eigenvalue weighted by Crippen LogP contribution is -2.37. The van der Waals surface area contributed by atoms with Crippen molar-refractivity contribution >= 4 is 15.7 Å². The number of aryl methyl sites for hydroxylation is 1. The first-order chi connectivity index (χ1) is 8.45. The van der Waals surface area contributed by atoms with Gasteiger partial charge in [-0.2, -0.15) is 4.31 Å². The van der Waals surface area contributed by atoms with Crippen molar-refractivity contribution in [3.05, 3.63) is 23.8 Å². The monoisotopic (exact) mass is 270 g/mol. The lowest BCUT2D eigenvalue weighted by molar-refractivity contribution is 0.213. The van der Waals surface area contributed by atoms with Gasteiger partial charge in [-0.15, -0.1) is 0 Å². The number of hydrogen-bond donors (Lipinski definition) is 2. The van der Waals surface area contributed by atoms with Gasteiger partial charge in [-0.05, 0) is 43.5 Å². The van der Waals surface area contributed by atoms with Gasteiger partial charge in [0, 0.05) is 18.3 Å². The van der Waals surface area contributed by atoms with Crippen LogP contribution in [0.2, 0.25) is 0 Å². The van der Waals surface area contributed by atoms with Crippen LogP contribution in [0.1, 0.15) is 18.4 Å². The number of nitrogens with zero attached hydrogens (tertiary/aromatic N) is 1. The Labute approximate surface area is 107 Å². The number of nitrogen functional groups attached to an aromatic ring is 1. The third-order valence-electron chi connectivity index (χ3n) is 3.21. The smallest absolute Gasteiger partial charge is 0.243 e. The van der Waals surface area contributed by atoms with E-state index in [1.54, 1.807) is 12.1 Å². The van der Waals surface area contributed by atoms with E-state index in [1.807, 2.05) is 6.92 Å². The van der Waals surface area contributed by atoms with E-state index >= 15 is 0 Å². The molecule has 0 bridgehead atoms. The first-order valence-corrected chi connectivity index (χ1v) is 7.39. The molecule has 1 aromatic carbocycles. The highest BCUT2D eigenvalue weighted by molar-refractivity contribution is 7.89. The Balaban J connectivity index is 2.41. The second-order valence-electron chi connectivity index (χ2n) is 4.67. The summed E-state index contributed by atoms with van der Waals surface area (Å²) in [6, 6.07) is 4.50. The molecule has 0 aliphatic carbocycles. The number of rotatable bonds is 3. The third-order valence-corrected chi connectivity index (χ3v) is 5.14. The van der Waals surface area contributed by atoms with Crippen LogP contribution in [0.15, 0.2) is 23.1 Å². The minimum atomic E-state index is -3.55. The van der Waals surface area contributed by atoms with Gasteiger partial charge in [0.1, 0.15) is 0 Å². The quantitative estimate of drug-likeness (QED) is 0.793. The Morgan fingerprint density at radius 3 is 2.78 bits per heavy atom. The number of nitrogens with two attached hydrogens (primary N) is 1. The van der Waals surface area contributed by atoms with Crippen LogP contribution in [0.4, 0.5) is 5.69 Å². The van der Waals surface area contributed by atoms with E-state index in [2.05, 4.69) is 0 Å². The largest absolute Gasteiger partial charge is 0.399 e. The zero-order chi connectivity index (χ0) is 13.3. The van der Waals surface area contributed by atoms with Gasteiger partial charge in [-0.1, -0.05) is 0 Å². The molecular formula is C12H18N2O3S. The first kappa shape index (κ1) is 13.3. The Bertz CT molecular complexity index is 522. The normalized spacial score (nSPS) is 21.3. The van der Waals surface area contributed by atoms with Crippen LogP contribution < -0.4 is 5.73 Å². The summed E-state index contributed by atoms with van der Waals surface area (Å²) in [5.41, 5.74) is 6.94. The number of aliphatic hydroxyl groups is 1. The molecule has 0 unspecified atom stereocenters. The summed E-state index contributed by atoms with van der Waals surface area (Å²) in [6.07, 6.45) is 1.49. The van der Waals surface area contributed by atoms with Crippen molar-refractivity contribution in [2.75, 3.05) is 18.9 Å². The second-order valence-corrected chi connectivity index (χ2v) is 6.56. The molecule has 0 saturated carbocycles. The first-order valence-electron chi connectivity index (χ1n) is 5.95. The van der Waals surface area contributed by atoms with Crippen molar-refractivity contribution < 1.29 is 13.5 Å². The van der Waals surface area contributed by atoms with Gasteiger partial charge in [0.2, 0.25) is 10.0 Å². The second kappa shape index (κ2) is 4.87. The van der Waals surface area contributed by atoms with Crippen LogP contribution in [0.25, 0.3) is 0 Å². The van der Waals surface area contributed by atoms with Crippen LogP contribution in [0, 0.1) is 6.92 Å². The topological polar surface area (TPSA) is 83.6 Å². The Morgan fingerprint density at radius 2 is 2.17 bits per heavy atom. The molecule has 1 saturated heterocycles. The minimum Gasteiger partial charge on any atom is -0.399 e. The van der Waals surface area contributed by atoms with Crippen molar-refractivity contribution in [2.24, 2.45) is 0 Å². The van der Waals surface area contributed by atoms with Crippen molar-refractivity contribution in [1.29, 1.82) is 0 Å². The number of hydrogen-bond acceptors (Lipinski definition) is 4. The lowest BCUT2D eigenvalue weighted by atomic mass is 10.2. The fraction of sp³-hybridized carbons (Fsp3) is 0.500. The molecule has 3 N–H and O–H groups in total. The molecule has 18 heavy (non-hydrogen) atoms. The summed E-state index contributed by atoms with van der Waals surface area (Å²) in [5.74, 6) is 0. The van der Waals surface area contributed by atoms with Gasteiger partial charge in [0.05, 0.1) is 11.5 Å². The molecular weight excluding hydrogens is 252 g/mol. The fourth-order valence-corrected chi connectivity index (χ4v) is 4.19. The van der Waals surface area contributed by atoms with Gasteiger partial charge in [0.25, 0.3) is 0 Å². The van der Waals surface area contributed by atoms with Gasteiger partial charge >= 0.3 is 0 Å². The Kier molecular flexibility index (Phi) is 3.61. The minimum absolute atomic E-state index is 0.138. The maximum Gasteiger partial charge on any atom is 0.243 e. The van der Waals surface area contributed by atoms with E-state index in [1.165, 1.54) is 10.4 Å². The summed E-state index contributed by atoms with van der Waals surface area (Å²) in [5, 5.41) is 9.23. The summed E-state index contributed by atoms with van der Waals surface area (Å²) in [6.45, 7) is 2.13. The maximum atomic E-state index is 12.5. The van der Waals surface area contributed by atoms with E-state index in [0.29, 0.717) is 18.7 Å². The van der Waals surface area contributed by atoms with Crippen molar-refractivity contribution in [3.8, 4) is 0 Å². The SMILES string of the molecule is Cc1cc(N)cc(S(=O)(=O)N2CCC[C@H]2CO)c1. The zero-order valence-corrected chi connectivity index (χ0v) is 11.2. The fourth-order valence-electron chi connectivity index (χ4n) is 2.37. The van der Waals surface area contributed by atoms with Gasteiger partial charge in [-0.25, -0.2) is 8.42 Å². The Morgan fingerprint density at radius 1 is 1.44 bits per heavy atom. The third kappa shape index (κ3) is 2.36. The molecule has 1 atom stereocenters. The van der Waals surface area contributed by atoms with Crippen molar-refractivity contribution in [2.45, 2.75) is 30.7 Å². The van der Waals surface area contributed by atoms with Crippen LogP contribution in [-0.2, 0) is 10.0 Å². The highest BCUT2D eigenvalue weighted by Gasteiger charge is 2.34. The average Bonchev–Trinajstić information content (AvgIpc) is 2.76. The van der Waals surface area contributed by atoms with Crippen LogP contribution in [-0.4, -0.2) is 37.0 Å². The predicted octanol–water partition coefficient (Wildman–Crippen LogP) is 0.723. The molecule has 0 radical (unpaired) electrons. The van der Waals surface area contributed by atoms with Crippen molar-refractivity contribution in [3.63, 3.8) is 0 Å². The van der Waals surface area contributed by atoms with Gasteiger partial charge in [0.15, 0.2) is 0 Å². The number of benzene rings is 1. The Hall–Kier alpha value is -1.11. The summed E-state index contributed by atoms with van der Waals surface area (Å²) in [4.78, 5) is 0.209. The molecule has 1 aliphatic heterocycles. The van der Waals surface area contributed by atoms with Crippen molar-refractivity contribution in [1.82, 2.24) is 4.31 Å². The molecule has 0 amide bonds. The summed E-state index contributed by atoms with van der Waals surface area (Å²) < 4.78 is 26.3. The predicted molar refractivity (Wildman–Crippen MR) is 69.6 cm³/mol. The zero-order valence-electron chi connectivity index (χ0n) is 10.3. The molecule has 6 heteroatoms. The van der Waals surface area contributed by atoms with Gasteiger partial charge in [-0.3, -0.25) is 0 Å². The molecule has 0 spiro atoms. The molecule has 1 fully saturated rings. The molecule has 0 aromatic heterocycles. The van der Waals surface area contributed by atoms with Crippen LogP contribution >= 0.6 is 0 Å². The molecule has 100 valence electrons. The summed E-state index contributed by atoms with van der Waals surface area (Å²) in [7, 11) is -3.55. The van der Waals surface area contributed by atoms with E-state index in [-0.39, 0.29) is 17.5 Å². The summed E-state index contributed by atoms with van der Waals surface area (Å²) >= 11 is 0.